The van der Waals surface area contributed by atoms with Gasteiger partial charge in [0, 0.05) is 43.5 Å². The summed E-state index contributed by atoms with van der Waals surface area (Å²) in [4.78, 5) is 12.7. The maximum atomic E-state index is 12.8. The van der Waals surface area contributed by atoms with Crippen LogP contribution in [0.25, 0.3) is 10.9 Å². The fourth-order valence-corrected chi connectivity index (χ4v) is 5.08. The number of aryl methyl sites for hydroxylation is 1. The number of morpholine rings is 1. The third-order valence-electron chi connectivity index (χ3n) is 5.25. The van der Waals surface area contributed by atoms with E-state index in [9.17, 15) is 13.2 Å². The summed E-state index contributed by atoms with van der Waals surface area (Å²) >= 11 is 0. The van der Waals surface area contributed by atoms with Crippen LogP contribution in [0.15, 0.2) is 65.7 Å². The van der Waals surface area contributed by atoms with Crippen LogP contribution < -0.4 is 5.32 Å². The van der Waals surface area contributed by atoms with Crippen LogP contribution in [0.3, 0.4) is 0 Å². The first-order chi connectivity index (χ1) is 14.6. The van der Waals surface area contributed by atoms with Gasteiger partial charge < -0.3 is 14.6 Å². The molecule has 0 atom stereocenters. The van der Waals surface area contributed by atoms with Gasteiger partial charge in [0.2, 0.25) is 10.0 Å². The minimum absolute atomic E-state index is 0.135. The summed E-state index contributed by atoms with van der Waals surface area (Å²) in [5.74, 6) is -0.272. The molecular formula is C22H25N3O4S. The minimum Gasteiger partial charge on any atom is -0.379 e. The van der Waals surface area contributed by atoms with Gasteiger partial charge in [-0.2, -0.15) is 4.31 Å². The van der Waals surface area contributed by atoms with Crippen molar-refractivity contribution in [3.63, 3.8) is 0 Å². The van der Waals surface area contributed by atoms with Gasteiger partial charge in [0.05, 0.1) is 18.1 Å². The van der Waals surface area contributed by atoms with Gasteiger partial charge in [-0.1, -0.05) is 24.3 Å². The fourth-order valence-electron chi connectivity index (χ4n) is 3.62. The van der Waals surface area contributed by atoms with E-state index in [1.165, 1.54) is 27.3 Å². The molecule has 4 rings (SSSR count). The quantitative estimate of drug-likeness (QED) is 0.588. The monoisotopic (exact) mass is 427 g/mol. The lowest BCUT2D eigenvalue weighted by Crippen LogP contribution is -2.40. The van der Waals surface area contributed by atoms with Gasteiger partial charge >= 0.3 is 0 Å². The van der Waals surface area contributed by atoms with Crippen molar-refractivity contribution in [2.75, 3.05) is 32.8 Å². The minimum atomic E-state index is -3.62. The topological polar surface area (TPSA) is 80.6 Å². The zero-order valence-corrected chi connectivity index (χ0v) is 17.5. The highest BCUT2D eigenvalue weighted by Crippen LogP contribution is 2.18. The van der Waals surface area contributed by atoms with Gasteiger partial charge in [-0.25, -0.2) is 8.42 Å². The molecule has 0 radical (unpaired) electrons. The van der Waals surface area contributed by atoms with Gasteiger partial charge in [0.1, 0.15) is 0 Å². The van der Waals surface area contributed by atoms with Crippen LogP contribution in [0.1, 0.15) is 16.8 Å². The molecule has 1 amide bonds. The largest absolute Gasteiger partial charge is 0.379 e. The third kappa shape index (κ3) is 4.40. The second-order valence-electron chi connectivity index (χ2n) is 7.22. The summed E-state index contributed by atoms with van der Waals surface area (Å²) in [6.07, 6.45) is 2.82. The Morgan fingerprint density at radius 2 is 1.83 bits per heavy atom. The summed E-state index contributed by atoms with van der Waals surface area (Å²) in [5.41, 5.74) is 1.51. The molecule has 0 bridgehead atoms. The van der Waals surface area contributed by atoms with E-state index in [-0.39, 0.29) is 10.8 Å². The predicted molar refractivity (Wildman–Crippen MR) is 115 cm³/mol. The van der Waals surface area contributed by atoms with Gasteiger partial charge in [-0.3, -0.25) is 4.79 Å². The SMILES string of the molecule is O=C(NCCCn1ccc2ccccc21)c1cccc(S(=O)(=O)N2CCOCC2)c1. The lowest BCUT2D eigenvalue weighted by atomic mass is 10.2. The van der Waals surface area contributed by atoms with Crippen LogP contribution in [0, 0.1) is 0 Å². The van der Waals surface area contributed by atoms with Crippen molar-refractivity contribution < 1.29 is 17.9 Å². The Kier molecular flexibility index (Phi) is 6.17. The lowest BCUT2D eigenvalue weighted by Gasteiger charge is -2.26. The van der Waals surface area contributed by atoms with Crippen molar-refractivity contribution >= 4 is 26.8 Å². The molecule has 1 fully saturated rings. The summed E-state index contributed by atoms with van der Waals surface area (Å²) in [7, 11) is -3.62. The van der Waals surface area contributed by atoms with E-state index < -0.39 is 10.0 Å². The number of para-hydroxylation sites is 1. The number of fused-ring (bicyclic) bond motifs is 1. The van der Waals surface area contributed by atoms with Crippen molar-refractivity contribution in [2.24, 2.45) is 0 Å². The molecule has 8 heteroatoms. The van der Waals surface area contributed by atoms with Gasteiger partial charge in [-0.15, -0.1) is 0 Å². The molecule has 0 aliphatic carbocycles. The number of rotatable bonds is 7. The Bertz CT molecular complexity index is 1130. The summed E-state index contributed by atoms with van der Waals surface area (Å²) < 4.78 is 34.4. The number of benzene rings is 2. The standard InChI is InChI=1S/C22H25N3O4S/c26-22(23-10-4-11-24-12-9-18-5-1-2-8-21(18)24)19-6-3-7-20(17-19)30(27,28)25-13-15-29-16-14-25/h1-3,5-9,12,17H,4,10-11,13-16H2,(H,23,26). The predicted octanol–water partition coefficient (Wildman–Crippen LogP) is 2.48. The molecule has 0 spiro atoms. The van der Waals surface area contributed by atoms with E-state index in [0.29, 0.717) is 38.4 Å². The maximum absolute atomic E-state index is 12.8. The second kappa shape index (κ2) is 8.99. The Morgan fingerprint density at radius 1 is 1.03 bits per heavy atom. The van der Waals surface area contributed by atoms with Gasteiger partial charge in [0.25, 0.3) is 5.91 Å². The molecule has 0 saturated carbocycles. The Hall–Kier alpha value is -2.68. The van der Waals surface area contributed by atoms with E-state index in [1.54, 1.807) is 12.1 Å². The van der Waals surface area contributed by atoms with Crippen LogP contribution in [-0.2, 0) is 21.3 Å². The molecule has 3 aromatic rings. The molecule has 1 aromatic heterocycles. The van der Waals surface area contributed by atoms with E-state index in [4.69, 9.17) is 4.74 Å². The van der Waals surface area contributed by atoms with Gasteiger partial charge in [0.15, 0.2) is 0 Å². The molecule has 30 heavy (non-hydrogen) atoms. The Balaban J connectivity index is 1.35. The van der Waals surface area contributed by atoms with E-state index >= 15 is 0 Å². The first-order valence-electron chi connectivity index (χ1n) is 10.1. The van der Waals surface area contributed by atoms with E-state index in [0.717, 1.165) is 13.0 Å². The number of sulfonamides is 1. The number of hydrogen-bond acceptors (Lipinski definition) is 4. The molecule has 1 saturated heterocycles. The van der Waals surface area contributed by atoms with E-state index in [2.05, 4.69) is 28.1 Å². The Labute approximate surface area is 176 Å². The number of ether oxygens (including phenoxy) is 1. The van der Waals surface area contributed by atoms with Crippen molar-refractivity contribution in [1.82, 2.24) is 14.2 Å². The van der Waals surface area contributed by atoms with Crippen molar-refractivity contribution in [3.8, 4) is 0 Å². The lowest BCUT2D eigenvalue weighted by molar-refractivity contribution is 0.0730. The molecule has 1 aliphatic heterocycles. The fraction of sp³-hybridized carbons (Fsp3) is 0.318. The molecule has 158 valence electrons. The molecule has 0 unspecified atom stereocenters. The first kappa shape index (κ1) is 20.6. The number of amides is 1. The van der Waals surface area contributed by atoms with Crippen LogP contribution in [0.5, 0.6) is 0 Å². The molecule has 2 aromatic carbocycles. The maximum Gasteiger partial charge on any atom is 0.251 e. The van der Waals surface area contributed by atoms with E-state index in [1.807, 2.05) is 18.3 Å². The Morgan fingerprint density at radius 3 is 2.67 bits per heavy atom. The number of nitrogens with one attached hydrogen (secondary N) is 1. The highest BCUT2D eigenvalue weighted by molar-refractivity contribution is 7.89. The molecule has 7 nitrogen and oxygen atoms in total. The van der Waals surface area contributed by atoms with Crippen molar-refractivity contribution in [3.05, 3.63) is 66.4 Å². The molecule has 1 aliphatic rings. The molecule has 1 N–H and O–H groups in total. The normalized spacial score (nSPS) is 15.3. The van der Waals surface area contributed by atoms with Crippen LogP contribution in [-0.4, -0.2) is 56.0 Å². The number of hydrogen-bond donors (Lipinski definition) is 1. The average molecular weight is 428 g/mol. The zero-order chi connectivity index (χ0) is 21.0. The zero-order valence-electron chi connectivity index (χ0n) is 16.7. The molecule has 2 heterocycles. The summed E-state index contributed by atoms with van der Waals surface area (Å²) in [6, 6.07) is 16.5. The first-order valence-corrected chi connectivity index (χ1v) is 11.5. The number of carbonyl (C=O) groups is 1. The number of aromatic nitrogens is 1. The van der Waals surface area contributed by atoms with Crippen LogP contribution in [0.2, 0.25) is 0 Å². The molecular weight excluding hydrogens is 402 g/mol. The smallest absolute Gasteiger partial charge is 0.251 e. The summed E-state index contributed by atoms with van der Waals surface area (Å²) in [6.45, 7) is 2.72. The second-order valence-corrected chi connectivity index (χ2v) is 9.16. The van der Waals surface area contributed by atoms with Gasteiger partial charge in [-0.05, 0) is 42.1 Å². The van der Waals surface area contributed by atoms with Crippen molar-refractivity contribution in [2.45, 2.75) is 17.9 Å². The van der Waals surface area contributed by atoms with Crippen molar-refractivity contribution in [1.29, 1.82) is 0 Å². The van der Waals surface area contributed by atoms with Crippen LogP contribution in [0.4, 0.5) is 0 Å². The third-order valence-corrected chi connectivity index (χ3v) is 7.14. The average Bonchev–Trinajstić information content (AvgIpc) is 3.20. The highest BCUT2D eigenvalue weighted by atomic mass is 32.2. The highest BCUT2D eigenvalue weighted by Gasteiger charge is 2.26. The number of carbonyl (C=O) groups excluding carboxylic acids is 1. The van der Waals surface area contributed by atoms with Crippen LogP contribution >= 0.6 is 0 Å². The summed E-state index contributed by atoms with van der Waals surface area (Å²) in [5, 5.41) is 4.08. The number of nitrogens with zero attached hydrogens (tertiary/aromatic N) is 2.